The first-order valence-corrected chi connectivity index (χ1v) is 12.6. The number of azide groups is 1. The summed E-state index contributed by atoms with van der Waals surface area (Å²) in [6, 6.07) is 18.7. The summed E-state index contributed by atoms with van der Waals surface area (Å²) in [5, 5.41) is 8.82. The number of nitrogens with zero attached hydrogens (tertiary/aromatic N) is 3. The summed E-state index contributed by atoms with van der Waals surface area (Å²) < 4.78 is 5.70. The number of methoxy groups -OCH3 is 1. The number of aryl methyl sites for hydroxylation is 1. The molecule has 0 spiro atoms. The van der Waals surface area contributed by atoms with Crippen LogP contribution in [0.3, 0.4) is 0 Å². The number of fused-ring (bicyclic) bond motifs is 2. The van der Waals surface area contributed by atoms with Crippen LogP contribution in [0.2, 0.25) is 13.1 Å². The second kappa shape index (κ2) is 6.96. The van der Waals surface area contributed by atoms with Crippen LogP contribution in [0.25, 0.3) is 22.6 Å². The van der Waals surface area contributed by atoms with E-state index >= 15 is 0 Å². The molecule has 0 fully saturated rings. The van der Waals surface area contributed by atoms with Crippen molar-refractivity contribution in [3.8, 4) is 5.75 Å². The van der Waals surface area contributed by atoms with E-state index in [2.05, 4.69) is 73.0 Å². The molecule has 0 N–H and O–H groups in total. The van der Waals surface area contributed by atoms with Gasteiger partial charge in [0.2, 0.25) is 0 Å². The summed E-state index contributed by atoms with van der Waals surface area (Å²) in [5.74, 6) is 0.759. The standard InChI is InChI=1S/C24H23N3OSi/c1-15-6-9-18-22(12-15)29(4,5)23-13-16(2)7-10-19(23)24(18)20-14-17(26-27-25)8-11-21(20)28-3/h6-14H,1H2,2-5H3. The van der Waals surface area contributed by atoms with Crippen LogP contribution in [-0.4, -0.2) is 15.2 Å². The first kappa shape index (κ1) is 19.1. The zero-order chi connectivity index (χ0) is 20.8. The van der Waals surface area contributed by atoms with E-state index in [1.807, 2.05) is 12.1 Å². The van der Waals surface area contributed by atoms with Gasteiger partial charge < -0.3 is 4.74 Å². The van der Waals surface area contributed by atoms with Gasteiger partial charge in [0.1, 0.15) is 13.8 Å². The zero-order valence-corrected chi connectivity index (χ0v) is 18.2. The Labute approximate surface area is 171 Å². The van der Waals surface area contributed by atoms with Crippen molar-refractivity contribution < 1.29 is 4.74 Å². The topological polar surface area (TPSA) is 58.0 Å². The Morgan fingerprint density at radius 3 is 2.48 bits per heavy atom. The van der Waals surface area contributed by atoms with Crippen LogP contribution in [0.5, 0.6) is 5.75 Å². The molecule has 144 valence electrons. The Kier molecular flexibility index (Phi) is 4.57. The minimum Gasteiger partial charge on any atom is -0.496 e. The van der Waals surface area contributed by atoms with E-state index in [9.17, 15) is 0 Å². The fourth-order valence-corrected chi connectivity index (χ4v) is 7.49. The number of hydrogen-bond acceptors (Lipinski definition) is 2. The second-order valence-corrected chi connectivity index (χ2v) is 12.3. The minimum atomic E-state index is -1.91. The van der Waals surface area contributed by atoms with Gasteiger partial charge in [-0.2, -0.15) is 0 Å². The molecule has 4 rings (SSSR count). The molecule has 0 atom stereocenters. The lowest BCUT2D eigenvalue weighted by Gasteiger charge is -2.33. The summed E-state index contributed by atoms with van der Waals surface area (Å²) in [6.07, 6.45) is 0. The number of hydrogen-bond donors (Lipinski definition) is 0. The Balaban J connectivity index is 2.22. The molecule has 0 saturated carbocycles. The number of benzene rings is 3. The molecule has 0 amide bonds. The molecule has 3 aromatic rings. The van der Waals surface area contributed by atoms with Gasteiger partial charge in [-0.1, -0.05) is 66.7 Å². The SMILES string of the molecule is C=c1ccc2c(c1)[Si](C)(C)c1cc(C)ccc1C=2c1cc(N=[N+]=[N-])ccc1OC. The van der Waals surface area contributed by atoms with Crippen molar-refractivity contribution in [2.75, 3.05) is 7.11 Å². The largest absolute Gasteiger partial charge is 0.496 e. The molecule has 5 heteroatoms. The van der Waals surface area contributed by atoms with Gasteiger partial charge in [-0.15, -0.1) is 0 Å². The molecule has 0 radical (unpaired) electrons. The lowest BCUT2D eigenvalue weighted by molar-refractivity contribution is 0.413. The Morgan fingerprint density at radius 2 is 1.76 bits per heavy atom. The van der Waals surface area contributed by atoms with Crippen LogP contribution in [0, 0.1) is 6.92 Å². The summed E-state index contributed by atoms with van der Waals surface area (Å²) in [4.78, 5) is 2.96. The van der Waals surface area contributed by atoms with Crippen LogP contribution in [-0.2, 0) is 0 Å². The van der Waals surface area contributed by atoms with Crippen LogP contribution in [0.15, 0.2) is 59.7 Å². The van der Waals surface area contributed by atoms with Gasteiger partial charge in [0, 0.05) is 16.2 Å². The first-order chi connectivity index (χ1) is 13.9. The van der Waals surface area contributed by atoms with Crippen LogP contribution >= 0.6 is 0 Å². The van der Waals surface area contributed by atoms with E-state index in [1.54, 1.807) is 13.2 Å². The van der Waals surface area contributed by atoms with Gasteiger partial charge in [0.25, 0.3) is 0 Å². The van der Waals surface area contributed by atoms with E-state index in [4.69, 9.17) is 10.3 Å². The fourth-order valence-electron chi connectivity index (χ4n) is 4.31. The summed E-state index contributed by atoms with van der Waals surface area (Å²) in [5.41, 5.74) is 14.0. The highest BCUT2D eigenvalue weighted by Crippen LogP contribution is 2.34. The molecule has 4 nitrogen and oxygen atoms in total. The third-order valence-electron chi connectivity index (χ3n) is 5.76. The Hall–Kier alpha value is -3.27. The predicted molar refractivity (Wildman–Crippen MR) is 123 cm³/mol. The quantitative estimate of drug-likeness (QED) is 0.287. The number of rotatable bonds is 3. The van der Waals surface area contributed by atoms with Gasteiger partial charge in [0.05, 0.1) is 7.11 Å². The Bertz CT molecular complexity index is 1300. The first-order valence-electron chi connectivity index (χ1n) is 9.55. The van der Waals surface area contributed by atoms with Crippen LogP contribution < -0.4 is 25.5 Å². The summed E-state index contributed by atoms with van der Waals surface area (Å²) >= 11 is 0. The number of ether oxygens (including phenoxy) is 1. The molecule has 3 aromatic carbocycles. The van der Waals surface area contributed by atoms with Crippen molar-refractivity contribution in [3.05, 3.63) is 92.2 Å². The third kappa shape index (κ3) is 3.05. The molecule has 0 saturated heterocycles. The molecule has 1 aliphatic rings. The smallest absolute Gasteiger partial charge is 0.126 e. The molecule has 0 unspecified atom stereocenters. The average molecular weight is 398 g/mol. The van der Waals surface area contributed by atoms with Crippen molar-refractivity contribution in [1.29, 1.82) is 0 Å². The van der Waals surface area contributed by atoms with E-state index in [1.165, 1.54) is 26.7 Å². The van der Waals surface area contributed by atoms with Crippen molar-refractivity contribution in [3.63, 3.8) is 0 Å². The molecule has 29 heavy (non-hydrogen) atoms. The van der Waals surface area contributed by atoms with Crippen molar-refractivity contribution in [2.45, 2.75) is 20.0 Å². The van der Waals surface area contributed by atoms with E-state index in [0.717, 1.165) is 22.1 Å². The van der Waals surface area contributed by atoms with Gasteiger partial charge in [0.15, 0.2) is 0 Å². The predicted octanol–water partition coefficient (Wildman–Crippen LogP) is 3.74. The lowest BCUT2D eigenvalue weighted by Crippen LogP contribution is -2.63. The maximum atomic E-state index is 8.91. The fraction of sp³-hybridized carbons (Fsp3) is 0.167. The minimum absolute atomic E-state index is 0.571. The highest BCUT2D eigenvalue weighted by molar-refractivity contribution is 7.01. The molecule has 1 aliphatic heterocycles. The van der Waals surface area contributed by atoms with Crippen LogP contribution in [0.1, 0.15) is 16.7 Å². The van der Waals surface area contributed by atoms with Crippen molar-refractivity contribution in [1.82, 2.24) is 0 Å². The highest BCUT2D eigenvalue weighted by atomic mass is 28.3. The normalized spacial score (nSPS) is 13.9. The lowest BCUT2D eigenvalue weighted by atomic mass is 9.93. The van der Waals surface area contributed by atoms with E-state index in [0.29, 0.717) is 5.69 Å². The van der Waals surface area contributed by atoms with Crippen molar-refractivity contribution in [2.24, 2.45) is 5.11 Å². The molecule has 0 aromatic heterocycles. The second-order valence-electron chi connectivity index (χ2n) is 8.00. The summed E-state index contributed by atoms with van der Waals surface area (Å²) in [6.45, 7) is 11.1. The Morgan fingerprint density at radius 1 is 0.966 bits per heavy atom. The zero-order valence-electron chi connectivity index (χ0n) is 17.2. The molecule has 0 aliphatic carbocycles. The molecular formula is C24H23N3OSi. The monoisotopic (exact) mass is 397 g/mol. The van der Waals surface area contributed by atoms with Gasteiger partial charge >= 0.3 is 0 Å². The maximum absolute atomic E-state index is 8.91. The van der Waals surface area contributed by atoms with Crippen molar-refractivity contribution >= 4 is 36.3 Å². The van der Waals surface area contributed by atoms with Gasteiger partial charge in [-0.05, 0) is 62.6 Å². The third-order valence-corrected chi connectivity index (χ3v) is 9.28. The van der Waals surface area contributed by atoms with Gasteiger partial charge in [-0.25, -0.2) is 0 Å². The molecule has 0 bridgehead atoms. The average Bonchev–Trinajstić information content (AvgIpc) is 2.70. The maximum Gasteiger partial charge on any atom is 0.126 e. The summed E-state index contributed by atoms with van der Waals surface area (Å²) in [7, 11) is -0.238. The van der Waals surface area contributed by atoms with E-state index in [-0.39, 0.29) is 0 Å². The van der Waals surface area contributed by atoms with E-state index < -0.39 is 8.07 Å². The van der Waals surface area contributed by atoms with Crippen LogP contribution in [0.4, 0.5) is 5.69 Å². The molecule has 1 heterocycles. The molecular weight excluding hydrogens is 374 g/mol. The highest BCUT2D eigenvalue weighted by Gasteiger charge is 2.35. The van der Waals surface area contributed by atoms with Gasteiger partial charge in [-0.3, -0.25) is 0 Å².